The number of H-pyrrole nitrogens is 1. The van der Waals surface area contributed by atoms with Crippen LogP contribution in [-0.2, 0) is 11.2 Å². The van der Waals surface area contributed by atoms with E-state index < -0.39 is 0 Å². The number of hydrogen-bond acceptors (Lipinski definition) is 3. The minimum atomic E-state index is -0.346. The van der Waals surface area contributed by atoms with E-state index in [9.17, 15) is 9.18 Å². The highest BCUT2D eigenvalue weighted by Gasteiger charge is 2.07. The van der Waals surface area contributed by atoms with E-state index in [1.165, 1.54) is 12.1 Å². The second kappa shape index (κ2) is 6.39. The van der Waals surface area contributed by atoms with Gasteiger partial charge >= 0.3 is 0 Å². The monoisotopic (exact) mass is 310 g/mol. The van der Waals surface area contributed by atoms with Crippen LogP contribution in [0, 0.1) is 12.7 Å². The average molecular weight is 310 g/mol. The van der Waals surface area contributed by atoms with E-state index in [2.05, 4.69) is 20.5 Å². The SMILES string of the molecule is Cc1nc(-c2ccc(NC(=O)Cc3cccc(F)c3)cc2)n[nH]1. The van der Waals surface area contributed by atoms with Gasteiger partial charge in [0.2, 0.25) is 5.91 Å². The summed E-state index contributed by atoms with van der Waals surface area (Å²) in [5.74, 6) is 0.811. The maximum atomic E-state index is 13.1. The molecule has 1 aromatic heterocycles. The molecule has 0 aliphatic carbocycles. The van der Waals surface area contributed by atoms with Gasteiger partial charge in [-0.05, 0) is 48.9 Å². The van der Waals surface area contributed by atoms with E-state index in [0.717, 1.165) is 11.4 Å². The van der Waals surface area contributed by atoms with Gasteiger partial charge in [-0.2, -0.15) is 5.10 Å². The van der Waals surface area contributed by atoms with Crippen LogP contribution in [-0.4, -0.2) is 21.1 Å². The van der Waals surface area contributed by atoms with Gasteiger partial charge in [-0.25, -0.2) is 9.37 Å². The number of aromatic amines is 1. The van der Waals surface area contributed by atoms with Crippen molar-refractivity contribution in [2.45, 2.75) is 13.3 Å². The van der Waals surface area contributed by atoms with Crippen LogP contribution >= 0.6 is 0 Å². The van der Waals surface area contributed by atoms with Gasteiger partial charge in [-0.15, -0.1) is 0 Å². The molecule has 23 heavy (non-hydrogen) atoms. The van der Waals surface area contributed by atoms with Crippen molar-refractivity contribution in [1.29, 1.82) is 0 Å². The van der Waals surface area contributed by atoms with Crippen LogP contribution in [0.5, 0.6) is 0 Å². The Morgan fingerprint density at radius 1 is 1.22 bits per heavy atom. The summed E-state index contributed by atoms with van der Waals surface area (Å²) in [5, 5.41) is 9.65. The number of nitrogens with one attached hydrogen (secondary N) is 2. The summed E-state index contributed by atoms with van der Waals surface area (Å²) < 4.78 is 13.1. The van der Waals surface area contributed by atoms with Crippen LogP contribution in [0.25, 0.3) is 11.4 Å². The largest absolute Gasteiger partial charge is 0.326 e. The molecular weight excluding hydrogens is 295 g/mol. The molecule has 2 aromatic carbocycles. The number of amides is 1. The third-order valence-corrected chi connectivity index (χ3v) is 3.28. The number of aryl methyl sites for hydroxylation is 1. The van der Waals surface area contributed by atoms with E-state index in [4.69, 9.17) is 0 Å². The Morgan fingerprint density at radius 2 is 2.00 bits per heavy atom. The molecule has 0 atom stereocenters. The summed E-state index contributed by atoms with van der Waals surface area (Å²) in [6, 6.07) is 13.2. The fourth-order valence-electron chi connectivity index (χ4n) is 2.21. The van der Waals surface area contributed by atoms with Gasteiger partial charge in [0.05, 0.1) is 6.42 Å². The highest BCUT2D eigenvalue weighted by atomic mass is 19.1. The molecule has 1 heterocycles. The van der Waals surface area contributed by atoms with Gasteiger partial charge in [0.1, 0.15) is 11.6 Å². The van der Waals surface area contributed by atoms with Gasteiger partial charge in [0, 0.05) is 11.3 Å². The lowest BCUT2D eigenvalue weighted by Gasteiger charge is -2.06. The standard InChI is InChI=1S/C17H15FN4O/c1-11-19-17(22-21-11)13-5-7-15(8-6-13)20-16(23)10-12-3-2-4-14(18)9-12/h2-9H,10H2,1H3,(H,20,23)(H,19,21,22). The molecule has 0 aliphatic heterocycles. The molecule has 3 rings (SSSR count). The zero-order valence-electron chi connectivity index (χ0n) is 12.5. The second-order valence-corrected chi connectivity index (χ2v) is 5.18. The smallest absolute Gasteiger partial charge is 0.228 e. The molecule has 5 nitrogen and oxygen atoms in total. The van der Waals surface area contributed by atoms with Gasteiger partial charge in [-0.3, -0.25) is 9.89 Å². The van der Waals surface area contributed by atoms with Crippen molar-refractivity contribution in [3.63, 3.8) is 0 Å². The van der Waals surface area contributed by atoms with Crippen LogP contribution in [0.15, 0.2) is 48.5 Å². The molecule has 0 unspecified atom stereocenters. The Hall–Kier alpha value is -3.02. The van der Waals surface area contributed by atoms with Crippen molar-refractivity contribution in [2.75, 3.05) is 5.32 Å². The van der Waals surface area contributed by atoms with Crippen molar-refractivity contribution >= 4 is 11.6 Å². The van der Waals surface area contributed by atoms with Crippen molar-refractivity contribution < 1.29 is 9.18 Å². The number of carbonyl (C=O) groups excluding carboxylic acids is 1. The number of rotatable bonds is 4. The van der Waals surface area contributed by atoms with Crippen LogP contribution in [0.1, 0.15) is 11.4 Å². The van der Waals surface area contributed by atoms with Gasteiger partial charge in [0.15, 0.2) is 5.82 Å². The summed E-state index contributed by atoms with van der Waals surface area (Å²) in [6.45, 7) is 1.83. The Labute approximate surface area is 132 Å². The summed E-state index contributed by atoms with van der Waals surface area (Å²) >= 11 is 0. The van der Waals surface area contributed by atoms with Crippen LogP contribution < -0.4 is 5.32 Å². The van der Waals surface area contributed by atoms with E-state index in [1.54, 1.807) is 24.3 Å². The maximum absolute atomic E-state index is 13.1. The molecule has 0 fully saturated rings. The predicted octanol–water partition coefficient (Wildman–Crippen LogP) is 3.10. The van der Waals surface area contributed by atoms with Gasteiger partial charge in [0.25, 0.3) is 0 Å². The van der Waals surface area contributed by atoms with Crippen LogP contribution in [0.3, 0.4) is 0 Å². The Kier molecular flexibility index (Phi) is 4.14. The molecule has 0 saturated carbocycles. The topological polar surface area (TPSA) is 70.7 Å². The second-order valence-electron chi connectivity index (χ2n) is 5.18. The summed E-state index contributed by atoms with van der Waals surface area (Å²) in [5.41, 5.74) is 2.16. The number of hydrogen-bond donors (Lipinski definition) is 2. The number of benzene rings is 2. The first kappa shape index (κ1) is 14.9. The quantitative estimate of drug-likeness (QED) is 0.778. The van der Waals surface area contributed by atoms with Gasteiger partial charge < -0.3 is 5.32 Å². The molecule has 0 radical (unpaired) electrons. The first-order chi connectivity index (χ1) is 11.1. The molecule has 0 spiro atoms. The fourth-order valence-corrected chi connectivity index (χ4v) is 2.21. The molecular formula is C17H15FN4O. The molecule has 6 heteroatoms. The lowest BCUT2D eigenvalue weighted by molar-refractivity contribution is -0.115. The molecule has 1 amide bonds. The van der Waals surface area contributed by atoms with Crippen LogP contribution in [0.4, 0.5) is 10.1 Å². The average Bonchev–Trinajstić information content (AvgIpc) is 2.94. The minimum absolute atomic E-state index is 0.125. The lowest BCUT2D eigenvalue weighted by Crippen LogP contribution is -2.14. The fraction of sp³-hybridized carbons (Fsp3) is 0.118. The van der Waals surface area contributed by atoms with Crippen molar-refractivity contribution in [1.82, 2.24) is 15.2 Å². The normalized spacial score (nSPS) is 10.5. The van der Waals surface area contributed by atoms with E-state index in [1.807, 2.05) is 19.1 Å². The maximum Gasteiger partial charge on any atom is 0.228 e. The Bertz CT molecular complexity index is 827. The zero-order valence-corrected chi connectivity index (χ0v) is 12.5. The number of carbonyl (C=O) groups is 1. The first-order valence-corrected chi connectivity index (χ1v) is 7.14. The van der Waals surface area contributed by atoms with Crippen molar-refractivity contribution in [3.8, 4) is 11.4 Å². The van der Waals surface area contributed by atoms with E-state index in [0.29, 0.717) is 17.1 Å². The number of nitrogens with zero attached hydrogens (tertiary/aromatic N) is 2. The molecule has 0 saturated heterocycles. The van der Waals surface area contributed by atoms with E-state index >= 15 is 0 Å². The predicted molar refractivity (Wildman–Crippen MR) is 85.3 cm³/mol. The molecule has 116 valence electrons. The molecule has 3 aromatic rings. The Balaban J connectivity index is 1.65. The zero-order chi connectivity index (χ0) is 16.2. The molecule has 0 aliphatic rings. The first-order valence-electron chi connectivity index (χ1n) is 7.14. The summed E-state index contributed by atoms with van der Waals surface area (Å²) in [7, 11) is 0. The number of halogens is 1. The van der Waals surface area contributed by atoms with Crippen molar-refractivity contribution in [3.05, 3.63) is 65.7 Å². The third-order valence-electron chi connectivity index (χ3n) is 3.28. The highest BCUT2D eigenvalue weighted by molar-refractivity contribution is 5.92. The summed E-state index contributed by atoms with van der Waals surface area (Å²) in [4.78, 5) is 16.2. The molecule has 0 bridgehead atoms. The van der Waals surface area contributed by atoms with E-state index in [-0.39, 0.29) is 18.1 Å². The Morgan fingerprint density at radius 3 is 2.65 bits per heavy atom. The number of anilines is 1. The van der Waals surface area contributed by atoms with Crippen LogP contribution in [0.2, 0.25) is 0 Å². The summed E-state index contributed by atoms with van der Waals surface area (Å²) in [6.07, 6.45) is 0.125. The third kappa shape index (κ3) is 3.79. The lowest BCUT2D eigenvalue weighted by atomic mass is 10.1. The number of aromatic nitrogens is 3. The molecule has 2 N–H and O–H groups in total. The highest BCUT2D eigenvalue weighted by Crippen LogP contribution is 2.18. The minimum Gasteiger partial charge on any atom is -0.326 e. The van der Waals surface area contributed by atoms with Crippen molar-refractivity contribution in [2.24, 2.45) is 0 Å². The van der Waals surface area contributed by atoms with Gasteiger partial charge in [-0.1, -0.05) is 12.1 Å².